The van der Waals surface area contributed by atoms with Gasteiger partial charge < -0.3 is 10.1 Å². The van der Waals surface area contributed by atoms with Crippen molar-refractivity contribution < 1.29 is 4.74 Å². The number of rotatable bonds is 5. The fourth-order valence-electron chi connectivity index (χ4n) is 1.71. The summed E-state index contributed by atoms with van der Waals surface area (Å²) in [6, 6.07) is 7.34. The van der Waals surface area contributed by atoms with Gasteiger partial charge in [-0.3, -0.25) is 0 Å². The lowest BCUT2D eigenvalue weighted by molar-refractivity contribution is 0.461. The molecule has 0 unspecified atom stereocenters. The van der Waals surface area contributed by atoms with Crippen LogP contribution in [0.5, 0.6) is 11.6 Å². The van der Waals surface area contributed by atoms with E-state index < -0.39 is 0 Å². The van der Waals surface area contributed by atoms with E-state index in [4.69, 9.17) is 27.9 Å². The summed E-state index contributed by atoms with van der Waals surface area (Å²) in [5.41, 5.74) is 1.93. The fraction of sp³-hybridized carbons (Fsp3) is 0.267. The van der Waals surface area contributed by atoms with E-state index in [1.165, 1.54) is 0 Å². The highest BCUT2D eigenvalue weighted by Gasteiger charge is 2.06. The molecule has 0 amide bonds. The number of hydrogen-bond acceptors (Lipinski definition) is 3. The smallest absolute Gasteiger partial charge is 0.219 e. The van der Waals surface area contributed by atoms with E-state index in [0.29, 0.717) is 28.2 Å². The molecule has 1 aromatic heterocycles. The Hall–Kier alpha value is -1.29. The zero-order valence-corrected chi connectivity index (χ0v) is 12.9. The van der Waals surface area contributed by atoms with Crippen molar-refractivity contribution in [3.05, 3.63) is 51.6 Å². The quantitative estimate of drug-likeness (QED) is 0.876. The molecule has 1 heterocycles. The summed E-state index contributed by atoms with van der Waals surface area (Å²) in [6.45, 7) is 5.54. The van der Waals surface area contributed by atoms with E-state index in [1.54, 1.807) is 6.20 Å². The largest absolute Gasteiger partial charge is 0.439 e. The Morgan fingerprint density at radius 3 is 2.70 bits per heavy atom. The summed E-state index contributed by atoms with van der Waals surface area (Å²) in [5.74, 6) is 1.22. The molecule has 106 valence electrons. The van der Waals surface area contributed by atoms with Gasteiger partial charge in [-0.1, -0.05) is 30.1 Å². The zero-order chi connectivity index (χ0) is 14.5. The first-order chi connectivity index (χ1) is 9.60. The lowest BCUT2D eigenvalue weighted by Gasteiger charge is -2.09. The molecule has 5 heteroatoms. The van der Waals surface area contributed by atoms with Crippen LogP contribution in [0.3, 0.4) is 0 Å². The van der Waals surface area contributed by atoms with Gasteiger partial charge in [0, 0.05) is 23.8 Å². The molecule has 2 rings (SSSR count). The van der Waals surface area contributed by atoms with Crippen molar-refractivity contribution in [2.24, 2.45) is 0 Å². The van der Waals surface area contributed by atoms with Gasteiger partial charge in [0.25, 0.3) is 0 Å². The summed E-state index contributed by atoms with van der Waals surface area (Å²) < 4.78 is 5.73. The van der Waals surface area contributed by atoms with Gasteiger partial charge in [0.2, 0.25) is 5.88 Å². The van der Waals surface area contributed by atoms with Crippen LogP contribution in [0.1, 0.15) is 18.1 Å². The Labute approximate surface area is 128 Å². The van der Waals surface area contributed by atoms with Crippen LogP contribution >= 0.6 is 23.2 Å². The highest BCUT2D eigenvalue weighted by atomic mass is 35.5. The molecule has 0 atom stereocenters. The van der Waals surface area contributed by atoms with Crippen LogP contribution in [0.15, 0.2) is 30.5 Å². The van der Waals surface area contributed by atoms with E-state index in [0.717, 1.165) is 17.7 Å². The van der Waals surface area contributed by atoms with Crippen LogP contribution in [0.4, 0.5) is 0 Å². The second-order valence-electron chi connectivity index (χ2n) is 4.41. The number of halogens is 2. The molecule has 0 aliphatic carbocycles. The molecule has 2 aromatic rings. The average molecular weight is 311 g/mol. The van der Waals surface area contributed by atoms with Gasteiger partial charge in [-0.05, 0) is 42.8 Å². The molecule has 3 nitrogen and oxygen atoms in total. The summed E-state index contributed by atoms with van der Waals surface area (Å²) >= 11 is 12.1. The first-order valence-electron chi connectivity index (χ1n) is 6.39. The predicted molar refractivity (Wildman–Crippen MR) is 82.9 cm³/mol. The van der Waals surface area contributed by atoms with Crippen LogP contribution in [-0.2, 0) is 6.54 Å². The van der Waals surface area contributed by atoms with Crippen molar-refractivity contribution in [3.8, 4) is 11.6 Å². The van der Waals surface area contributed by atoms with E-state index in [2.05, 4.69) is 10.3 Å². The van der Waals surface area contributed by atoms with Crippen molar-refractivity contribution in [3.63, 3.8) is 0 Å². The number of hydrogen-bond donors (Lipinski definition) is 1. The molecule has 0 saturated carbocycles. The Morgan fingerprint density at radius 1 is 1.20 bits per heavy atom. The molecule has 0 aliphatic heterocycles. The SMILES string of the molecule is CCNCc1cc(Oc2ccc(Cl)c(C)c2)ncc1Cl. The molecule has 0 aliphatic rings. The van der Waals surface area contributed by atoms with Crippen molar-refractivity contribution in [1.82, 2.24) is 10.3 Å². The Balaban J connectivity index is 2.18. The molecule has 0 saturated heterocycles. The van der Waals surface area contributed by atoms with E-state index in [-0.39, 0.29) is 0 Å². The minimum Gasteiger partial charge on any atom is -0.439 e. The number of nitrogens with zero attached hydrogens (tertiary/aromatic N) is 1. The van der Waals surface area contributed by atoms with Crippen molar-refractivity contribution in [2.45, 2.75) is 20.4 Å². The maximum absolute atomic E-state index is 6.11. The number of aryl methyl sites for hydroxylation is 1. The second-order valence-corrected chi connectivity index (χ2v) is 5.22. The second kappa shape index (κ2) is 6.93. The normalized spacial score (nSPS) is 10.6. The van der Waals surface area contributed by atoms with Crippen molar-refractivity contribution in [1.29, 1.82) is 0 Å². The number of nitrogens with one attached hydrogen (secondary N) is 1. The highest BCUT2D eigenvalue weighted by Crippen LogP contribution is 2.26. The summed E-state index contributed by atoms with van der Waals surface area (Å²) in [4.78, 5) is 4.18. The first kappa shape index (κ1) is 15.1. The minimum absolute atomic E-state index is 0.518. The van der Waals surface area contributed by atoms with E-state index in [1.807, 2.05) is 38.1 Å². The molecule has 1 aromatic carbocycles. The highest BCUT2D eigenvalue weighted by molar-refractivity contribution is 6.31. The molecular formula is C15H16Cl2N2O. The monoisotopic (exact) mass is 310 g/mol. The van der Waals surface area contributed by atoms with Gasteiger partial charge in [0.15, 0.2) is 0 Å². The zero-order valence-electron chi connectivity index (χ0n) is 11.4. The van der Waals surface area contributed by atoms with Gasteiger partial charge in [-0.2, -0.15) is 0 Å². The summed E-state index contributed by atoms with van der Waals surface area (Å²) in [5, 5.41) is 4.57. The Kier molecular flexibility index (Phi) is 5.24. The molecule has 0 fully saturated rings. The average Bonchev–Trinajstić information content (AvgIpc) is 2.43. The van der Waals surface area contributed by atoms with Crippen LogP contribution < -0.4 is 10.1 Å². The predicted octanol–water partition coefficient (Wildman–Crippen LogP) is 4.60. The molecule has 20 heavy (non-hydrogen) atoms. The first-order valence-corrected chi connectivity index (χ1v) is 7.15. The third-order valence-electron chi connectivity index (χ3n) is 2.83. The number of ether oxygens (including phenoxy) is 1. The minimum atomic E-state index is 0.518. The third kappa shape index (κ3) is 3.85. The van der Waals surface area contributed by atoms with Crippen molar-refractivity contribution in [2.75, 3.05) is 6.54 Å². The lowest BCUT2D eigenvalue weighted by atomic mass is 10.2. The third-order valence-corrected chi connectivity index (χ3v) is 3.59. The maximum Gasteiger partial charge on any atom is 0.219 e. The Morgan fingerprint density at radius 2 is 2.00 bits per heavy atom. The van der Waals surface area contributed by atoms with Crippen molar-refractivity contribution >= 4 is 23.2 Å². The summed E-state index contributed by atoms with van der Waals surface area (Å²) in [7, 11) is 0. The molecule has 0 spiro atoms. The van der Waals surface area contributed by atoms with Crippen LogP contribution in [0.25, 0.3) is 0 Å². The van der Waals surface area contributed by atoms with Gasteiger partial charge in [0.1, 0.15) is 5.75 Å². The number of pyridine rings is 1. The molecular weight excluding hydrogens is 295 g/mol. The standard InChI is InChI=1S/C15H16Cl2N2O/c1-3-18-8-11-7-15(19-9-14(11)17)20-12-4-5-13(16)10(2)6-12/h4-7,9,18H,3,8H2,1-2H3. The van der Waals surface area contributed by atoms with Crippen LogP contribution in [-0.4, -0.2) is 11.5 Å². The van der Waals surface area contributed by atoms with E-state index >= 15 is 0 Å². The van der Waals surface area contributed by atoms with Gasteiger partial charge in [0.05, 0.1) is 5.02 Å². The van der Waals surface area contributed by atoms with Gasteiger partial charge in [-0.15, -0.1) is 0 Å². The van der Waals surface area contributed by atoms with Gasteiger partial charge >= 0.3 is 0 Å². The van der Waals surface area contributed by atoms with Crippen LogP contribution in [0, 0.1) is 6.92 Å². The lowest BCUT2D eigenvalue weighted by Crippen LogP contribution is -2.12. The Bertz CT molecular complexity index is 602. The van der Waals surface area contributed by atoms with Gasteiger partial charge in [-0.25, -0.2) is 4.98 Å². The molecule has 1 N–H and O–H groups in total. The number of benzene rings is 1. The molecule has 0 radical (unpaired) electrons. The fourth-order valence-corrected chi connectivity index (χ4v) is 2.00. The molecule has 0 bridgehead atoms. The number of aromatic nitrogens is 1. The topological polar surface area (TPSA) is 34.1 Å². The van der Waals surface area contributed by atoms with Crippen LogP contribution in [0.2, 0.25) is 10.0 Å². The van der Waals surface area contributed by atoms with E-state index in [9.17, 15) is 0 Å². The maximum atomic E-state index is 6.11. The summed E-state index contributed by atoms with van der Waals surface area (Å²) in [6.07, 6.45) is 1.60.